The molecule has 0 saturated carbocycles. The first-order chi connectivity index (χ1) is 13.0. The van der Waals surface area contributed by atoms with E-state index in [1.807, 2.05) is 6.07 Å². The molecule has 0 fully saturated rings. The quantitative estimate of drug-likeness (QED) is 0.752. The summed E-state index contributed by atoms with van der Waals surface area (Å²) in [7, 11) is 4.70. The van der Waals surface area contributed by atoms with E-state index in [1.165, 1.54) is 24.1 Å². The average molecular weight is 371 g/mol. The number of hydrogen-bond donors (Lipinski definition) is 0. The standard InChI is InChI=1S/C20H21NO6/c1-21(2)19(22)17(13-7-5-4-6-8-13)27-20(23)14-11-15(24-3)18-16(12-14)25-9-10-26-18/h4-8,11-12,17H,9-10H2,1-3H3/t17-/m0/s1. The van der Waals surface area contributed by atoms with Crippen LogP contribution in [-0.2, 0) is 9.53 Å². The predicted octanol–water partition coefficient (Wildman–Crippen LogP) is 2.45. The molecular formula is C20H21NO6. The Morgan fingerprint density at radius 1 is 1.07 bits per heavy atom. The zero-order valence-corrected chi connectivity index (χ0v) is 15.4. The number of hydrogen-bond acceptors (Lipinski definition) is 6. The van der Waals surface area contributed by atoms with Crippen LogP contribution in [0.5, 0.6) is 17.2 Å². The molecule has 1 atom stereocenters. The van der Waals surface area contributed by atoms with E-state index in [0.717, 1.165) is 0 Å². The Hall–Kier alpha value is -3.22. The molecule has 142 valence electrons. The molecule has 0 aliphatic carbocycles. The zero-order valence-electron chi connectivity index (χ0n) is 15.4. The molecule has 0 saturated heterocycles. The van der Waals surface area contributed by atoms with E-state index in [0.29, 0.717) is 36.0 Å². The van der Waals surface area contributed by atoms with Gasteiger partial charge in [0, 0.05) is 19.7 Å². The zero-order chi connectivity index (χ0) is 19.4. The summed E-state index contributed by atoms with van der Waals surface area (Å²) in [5, 5.41) is 0. The second-order valence-electron chi connectivity index (χ2n) is 6.13. The molecule has 1 heterocycles. The number of esters is 1. The minimum absolute atomic E-state index is 0.212. The molecule has 7 heteroatoms. The van der Waals surface area contributed by atoms with Gasteiger partial charge in [0.05, 0.1) is 12.7 Å². The maximum atomic E-state index is 12.8. The topological polar surface area (TPSA) is 74.3 Å². The first kappa shape index (κ1) is 18.6. The van der Waals surface area contributed by atoms with Gasteiger partial charge >= 0.3 is 5.97 Å². The van der Waals surface area contributed by atoms with Crippen LogP contribution >= 0.6 is 0 Å². The van der Waals surface area contributed by atoms with Gasteiger partial charge in [-0.25, -0.2) is 4.79 Å². The Morgan fingerprint density at radius 2 is 1.78 bits per heavy atom. The molecule has 0 N–H and O–H groups in total. The Morgan fingerprint density at radius 3 is 2.44 bits per heavy atom. The normalized spacial score (nSPS) is 13.4. The summed E-state index contributed by atoms with van der Waals surface area (Å²) in [6.07, 6.45) is -1.05. The Labute approximate surface area is 157 Å². The summed E-state index contributed by atoms with van der Waals surface area (Å²) in [5.41, 5.74) is 0.803. The number of benzene rings is 2. The highest BCUT2D eigenvalue weighted by Gasteiger charge is 2.28. The number of rotatable bonds is 5. The molecule has 1 aliphatic heterocycles. The molecule has 2 aromatic rings. The van der Waals surface area contributed by atoms with Crippen molar-refractivity contribution < 1.29 is 28.5 Å². The fraction of sp³-hybridized carbons (Fsp3) is 0.300. The molecule has 3 rings (SSSR count). The van der Waals surface area contributed by atoms with Crippen molar-refractivity contribution in [2.24, 2.45) is 0 Å². The van der Waals surface area contributed by atoms with E-state index in [9.17, 15) is 9.59 Å². The van der Waals surface area contributed by atoms with E-state index in [2.05, 4.69) is 0 Å². The summed E-state index contributed by atoms with van der Waals surface area (Å²) in [5.74, 6) is 0.231. The Bertz CT molecular complexity index is 817. The minimum atomic E-state index is -1.05. The summed E-state index contributed by atoms with van der Waals surface area (Å²) in [4.78, 5) is 26.7. The number of carbonyl (C=O) groups is 2. The first-order valence-electron chi connectivity index (χ1n) is 8.46. The highest BCUT2D eigenvalue weighted by Crippen LogP contribution is 2.40. The lowest BCUT2D eigenvalue weighted by Gasteiger charge is -2.23. The van der Waals surface area contributed by atoms with Crippen LogP contribution in [0.4, 0.5) is 0 Å². The van der Waals surface area contributed by atoms with Gasteiger partial charge in [0.25, 0.3) is 5.91 Å². The van der Waals surface area contributed by atoms with E-state index >= 15 is 0 Å². The molecule has 7 nitrogen and oxygen atoms in total. The molecule has 1 aliphatic rings. The van der Waals surface area contributed by atoms with Crippen molar-refractivity contribution in [1.82, 2.24) is 4.90 Å². The molecule has 0 spiro atoms. The van der Waals surface area contributed by atoms with Crippen LogP contribution in [0.3, 0.4) is 0 Å². The number of carbonyl (C=O) groups excluding carboxylic acids is 2. The van der Waals surface area contributed by atoms with Crippen LogP contribution in [0.15, 0.2) is 42.5 Å². The number of ether oxygens (including phenoxy) is 4. The maximum Gasteiger partial charge on any atom is 0.339 e. The largest absolute Gasteiger partial charge is 0.493 e. The highest BCUT2D eigenvalue weighted by atomic mass is 16.6. The second kappa shape index (κ2) is 7.99. The van der Waals surface area contributed by atoms with E-state index in [-0.39, 0.29) is 11.5 Å². The third-order valence-electron chi connectivity index (χ3n) is 4.06. The first-order valence-corrected chi connectivity index (χ1v) is 8.46. The van der Waals surface area contributed by atoms with Crippen LogP contribution in [-0.4, -0.2) is 51.2 Å². The molecule has 0 radical (unpaired) electrons. The van der Waals surface area contributed by atoms with Gasteiger partial charge in [-0.05, 0) is 12.1 Å². The van der Waals surface area contributed by atoms with Gasteiger partial charge in [0.2, 0.25) is 11.9 Å². The van der Waals surface area contributed by atoms with Crippen LogP contribution in [0, 0.1) is 0 Å². The smallest absolute Gasteiger partial charge is 0.339 e. The average Bonchev–Trinajstić information content (AvgIpc) is 2.71. The van der Waals surface area contributed by atoms with Gasteiger partial charge in [-0.2, -0.15) is 0 Å². The number of nitrogens with zero attached hydrogens (tertiary/aromatic N) is 1. The molecular weight excluding hydrogens is 350 g/mol. The van der Waals surface area contributed by atoms with Gasteiger partial charge in [-0.1, -0.05) is 30.3 Å². The highest BCUT2D eigenvalue weighted by molar-refractivity contribution is 5.94. The van der Waals surface area contributed by atoms with Crippen molar-refractivity contribution in [3.8, 4) is 17.2 Å². The molecule has 1 amide bonds. The lowest BCUT2D eigenvalue weighted by Crippen LogP contribution is -2.31. The van der Waals surface area contributed by atoms with Crippen LogP contribution in [0.1, 0.15) is 22.0 Å². The van der Waals surface area contributed by atoms with Gasteiger partial charge in [-0.15, -0.1) is 0 Å². The van der Waals surface area contributed by atoms with E-state index < -0.39 is 12.1 Å². The number of likely N-dealkylation sites (N-methyl/N-ethyl adjacent to an activating group) is 1. The minimum Gasteiger partial charge on any atom is -0.493 e. The summed E-state index contributed by atoms with van der Waals surface area (Å²) in [6.45, 7) is 0.779. The van der Waals surface area contributed by atoms with Crippen molar-refractivity contribution in [3.63, 3.8) is 0 Å². The number of amides is 1. The van der Waals surface area contributed by atoms with Crippen molar-refractivity contribution in [1.29, 1.82) is 0 Å². The monoisotopic (exact) mass is 371 g/mol. The molecule has 0 aromatic heterocycles. The van der Waals surface area contributed by atoms with Crippen molar-refractivity contribution in [3.05, 3.63) is 53.6 Å². The summed E-state index contributed by atoms with van der Waals surface area (Å²) >= 11 is 0. The van der Waals surface area contributed by atoms with Gasteiger partial charge in [-0.3, -0.25) is 4.79 Å². The molecule has 2 aromatic carbocycles. The van der Waals surface area contributed by atoms with Gasteiger partial charge < -0.3 is 23.8 Å². The maximum absolute atomic E-state index is 12.8. The lowest BCUT2D eigenvalue weighted by molar-refractivity contribution is -0.138. The Kier molecular flexibility index (Phi) is 5.49. The predicted molar refractivity (Wildman–Crippen MR) is 97.3 cm³/mol. The SMILES string of the molecule is COc1cc(C(=O)O[C@H](C(=O)N(C)C)c2ccccc2)cc2c1OCCO2. The van der Waals surface area contributed by atoms with Crippen molar-refractivity contribution >= 4 is 11.9 Å². The van der Waals surface area contributed by atoms with E-state index in [4.69, 9.17) is 18.9 Å². The van der Waals surface area contributed by atoms with Gasteiger partial charge in [0.15, 0.2) is 11.5 Å². The van der Waals surface area contributed by atoms with Crippen LogP contribution in [0.2, 0.25) is 0 Å². The number of methoxy groups -OCH3 is 1. The second-order valence-corrected chi connectivity index (χ2v) is 6.13. The van der Waals surface area contributed by atoms with Crippen molar-refractivity contribution in [2.45, 2.75) is 6.10 Å². The van der Waals surface area contributed by atoms with Crippen LogP contribution < -0.4 is 14.2 Å². The van der Waals surface area contributed by atoms with E-state index in [1.54, 1.807) is 38.4 Å². The summed E-state index contributed by atoms with van der Waals surface area (Å²) in [6, 6.07) is 11.9. The molecule has 0 bridgehead atoms. The molecule has 27 heavy (non-hydrogen) atoms. The third-order valence-corrected chi connectivity index (χ3v) is 4.06. The fourth-order valence-electron chi connectivity index (χ4n) is 2.69. The third kappa shape index (κ3) is 3.97. The van der Waals surface area contributed by atoms with Crippen molar-refractivity contribution in [2.75, 3.05) is 34.4 Å². The Balaban J connectivity index is 1.91. The van der Waals surface area contributed by atoms with Crippen LogP contribution in [0.25, 0.3) is 0 Å². The van der Waals surface area contributed by atoms with Gasteiger partial charge in [0.1, 0.15) is 13.2 Å². The summed E-state index contributed by atoms with van der Waals surface area (Å²) < 4.78 is 21.9. The lowest BCUT2D eigenvalue weighted by atomic mass is 10.1. The number of fused-ring (bicyclic) bond motifs is 1. The molecule has 0 unspecified atom stereocenters. The fourth-order valence-corrected chi connectivity index (χ4v) is 2.69.